The van der Waals surface area contributed by atoms with E-state index in [-0.39, 0.29) is 0 Å². The van der Waals surface area contributed by atoms with Gasteiger partial charge in [-0.2, -0.15) is 9.64 Å². The summed E-state index contributed by atoms with van der Waals surface area (Å²) >= 11 is 13.8. The highest BCUT2D eigenvalue weighted by Crippen LogP contribution is 2.41. The zero-order valence-electron chi connectivity index (χ0n) is 17.0. The topological polar surface area (TPSA) is 61.5 Å². The molecule has 0 radical (unpaired) electrons. The molecule has 1 heterocycles. The second-order valence-corrected chi connectivity index (χ2v) is 8.51. The van der Waals surface area contributed by atoms with Gasteiger partial charge in [0.05, 0.1) is 22.1 Å². The fourth-order valence-electron chi connectivity index (χ4n) is 2.53. The van der Waals surface area contributed by atoms with Gasteiger partial charge in [0, 0.05) is 30.2 Å². The first-order chi connectivity index (χ1) is 14.3. The summed E-state index contributed by atoms with van der Waals surface area (Å²) in [5.41, 5.74) is 3.15. The average molecular weight is 459 g/mol. The van der Waals surface area contributed by atoms with Gasteiger partial charge in [0.25, 0.3) is 0 Å². The number of nitrogens with zero attached hydrogens (tertiary/aromatic N) is 4. The van der Waals surface area contributed by atoms with E-state index in [0.29, 0.717) is 43.7 Å². The number of hydrogen-bond acceptors (Lipinski definition) is 5. The van der Waals surface area contributed by atoms with Crippen molar-refractivity contribution >= 4 is 46.8 Å². The highest BCUT2D eigenvalue weighted by Gasteiger charge is 2.20. The van der Waals surface area contributed by atoms with E-state index in [0.717, 1.165) is 22.8 Å². The minimum absolute atomic E-state index is 0.322. The molecular weight excluding hydrogens is 439 g/mol. The van der Waals surface area contributed by atoms with Gasteiger partial charge in [0.15, 0.2) is 0 Å². The molecule has 3 aromatic rings. The summed E-state index contributed by atoms with van der Waals surface area (Å²) in [7, 11) is 1.96. The van der Waals surface area contributed by atoms with Gasteiger partial charge in [-0.1, -0.05) is 41.4 Å². The Bertz CT molecular complexity index is 1130. The quantitative estimate of drug-likeness (QED) is 0.292. The molecular formula is C22H20Cl2N4OS. The van der Waals surface area contributed by atoms with Crippen molar-refractivity contribution in [1.82, 2.24) is 9.27 Å². The predicted molar refractivity (Wildman–Crippen MR) is 125 cm³/mol. The van der Waals surface area contributed by atoms with Crippen LogP contribution >= 0.6 is 34.7 Å². The Kier molecular flexibility index (Phi) is 6.99. The molecule has 0 aliphatic carbocycles. The normalized spacial score (nSPS) is 11.1. The third-order valence-electron chi connectivity index (χ3n) is 4.55. The van der Waals surface area contributed by atoms with Gasteiger partial charge >= 0.3 is 0 Å². The second kappa shape index (κ2) is 9.48. The van der Waals surface area contributed by atoms with Crippen molar-refractivity contribution in [3.63, 3.8) is 0 Å². The van der Waals surface area contributed by atoms with Gasteiger partial charge in [0.2, 0.25) is 5.06 Å². The first kappa shape index (κ1) is 22.1. The van der Waals surface area contributed by atoms with Gasteiger partial charge in [0.1, 0.15) is 23.1 Å². The van der Waals surface area contributed by atoms with Crippen LogP contribution in [0.1, 0.15) is 25.0 Å². The molecule has 0 saturated heterocycles. The van der Waals surface area contributed by atoms with Crippen LogP contribution in [-0.2, 0) is 0 Å². The molecule has 0 saturated carbocycles. The lowest BCUT2D eigenvalue weighted by Gasteiger charge is -2.17. The van der Waals surface area contributed by atoms with Crippen LogP contribution in [-0.4, -0.2) is 28.7 Å². The molecule has 30 heavy (non-hydrogen) atoms. The SMILES string of the molecule is Cc1cc(Oc2snc(-c3ccccc3Cl)c2C#N)c(Cl)cc1/N=C\N(C)C(C)C. The van der Waals surface area contributed by atoms with Crippen LogP contribution < -0.4 is 4.74 Å². The molecule has 0 atom stereocenters. The zero-order chi connectivity index (χ0) is 21.8. The van der Waals surface area contributed by atoms with E-state index in [1.807, 2.05) is 37.1 Å². The maximum absolute atomic E-state index is 9.69. The fourth-order valence-corrected chi connectivity index (χ4v) is 3.67. The number of nitriles is 1. The van der Waals surface area contributed by atoms with E-state index in [4.69, 9.17) is 27.9 Å². The van der Waals surface area contributed by atoms with Crippen molar-refractivity contribution in [3.05, 3.63) is 57.6 Å². The standard InChI is InChI=1S/C22H20Cl2N4OS/c1-13(2)28(4)12-26-19-10-18(24)20(9-14(19)3)29-22-16(11-25)21(27-30-22)15-7-5-6-8-17(15)23/h5-10,12-13H,1-4H3/b26-12-. The number of aromatic nitrogens is 1. The summed E-state index contributed by atoms with van der Waals surface area (Å²) in [6.07, 6.45) is 1.77. The van der Waals surface area contributed by atoms with Crippen molar-refractivity contribution in [2.45, 2.75) is 26.8 Å². The molecule has 0 aliphatic heterocycles. The average Bonchev–Trinajstić information content (AvgIpc) is 3.11. The molecule has 1 aromatic heterocycles. The van der Waals surface area contributed by atoms with Gasteiger partial charge in [-0.25, -0.2) is 4.99 Å². The third kappa shape index (κ3) is 4.76. The second-order valence-electron chi connectivity index (χ2n) is 6.96. The van der Waals surface area contributed by atoms with Crippen molar-refractivity contribution in [3.8, 4) is 28.1 Å². The van der Waals surface area contributed by atoms with Crippen LogP contribution in [0.25, 0.3) is 11.3 Å². The minimum Gasteiger partial charge on any atom is -0.442 e. The van der Waals surface area contributed by atoms with Crippen molar-refractivity contribution in [2.24, 2.45) is 4.99 Å². The summed E-state index contributed by atoms with van der Waals surface area (Å²) in [5, 5.41) is 11.0. The zero-order valence-corrected chi connectivity index (χ0v) is 19.3. The molecule has 0 amide bonds. The van der Waals surface area contributed by atoms with Crippen LogP contribution in [0.15, 0.2) is 41.4 Å². The number of halogens is 2. The molecule has 0 spiro atoms. The van der Waals surface area contributed by atoms with E-state index in [9.17, 15) is 5.26 Å². The summed E-state index contributed by atoms with van der Waals surface area (Å²) in [6.45, 7) is 6.10. The molecule has 5 nitrogen and oxygen atoms in total. The Morgan fingerprint density at radius 3 is 2.63 bits per heavy atom. The predicted octanol–water partition coefficient (Wildman–Crippen LogP) is 7.09. The lowest BCUT2D eigenvalue weighted by atomic mass is 10.1. The smallest absolute Gasteiger partial charge is 0.218 e. The van der Waals surface area contributed by atoms with Crippen molar-refractivity contribution in [2.75, 3.05) is 7.05 Å². The Hall–Kier alpha value is -2.59. The van der Waals surface area contributed by atoms with E-state index in [1.54, 1.807) is 24.5 Å². The molecule has 0 fully saturated rings. The van der Waals surface area contributed by atoms with Crippen LogP contribution in [0.3, 0.4) is 0 Å². The van der Waals surface area contributed by atoms with Crippen LogP contribution in [0.2, 0.25) is 10.0 Å². The van der Waals surface area contributed by atoms with E-state index in [2.05, 4.69) is 29.3 Å². The number of rotatable bonds is 6. The maximum Gasteiger partial charge on any atom is 0.218 e. The number of ether oxygens (including phenoxy) is 1. The summed E-state index contributed by atoms with van der Waals surface area (Å²) in [6, 6.07) is 13.3. The molecule has 0 unspecified atom stereocenters. The minimum atomic E-state index is 0.322. The van der Waals surface area contributed by atoms with Crippen LogP contribution in [0.5, 0.6) is 10.8 Å². The molecule has 0 N–H and O–H groups in total. The molecule has 3 rings (SSSR count). The van der Waals surface area contributed by atoms with Crippen LogP contribution in [0, 0.1) is 18.3 Å². The Morgan fingerprint density at radius 1 is 1.23 bits per heavy atom. The lowest BCUT2D eigenvalue weighted by Crippen LogP contribution is -2.24. The largest absolute Gasteiger partial charge is 0.442 e. The van der Waals surface area contributed by atoms with Gasteiger partial charge < -0.3 is 9.64 Å². The Labute approximate surface area is 190 Å². The van der Waals surface area contributed by atoms with Gasteiger partial charge in [-0.3, -0.25) is 0 Å². The monoisotopic (exact) mass is 458 g/mol. The molecule has 8 heteroatoms. The third-order valence-corrected chi connectivity index (χ3v) is 5.90. The van der Waals surface area contributed by atoms with Gasteiger partial charge in [-0.15, -0.1) is 0 Å². The van der Waals surface area contributed by atoms with Crippen LogP contribution in [0.4, 0.5) is 5.69 Å². The first-order valence-corrected chi connectivity index (χ1v) is 10.7. The van der Waals surface area contributed by atoms with E-state index < -0.39 is 0 Å². The molecule has 0 aliphatic rings. The fraction of sp³-hybridized carbons (Fsp3) is 0.227. The highest BCUT2D eigenvalue weighted by atomic mass is 35.5. The number of aryl methyl sites for hydroxylation is 1. The molecule has 2 aromatic carbocycles. The summed E-state index contributed by atoms with van der Waals surface area (Å²) in [4.78, 5) is 6.51. The highest BCUT2D eigenvalue weighted by molar-refractivity contribution is 7.08. The lowest BCUT2D eigenvalue weighted by molar-refractivity contribution is 0.429. The number of benzene rings is 2. The van der Waals surface area contributed by atoms with Crippen molar-refractivity contribution < 1.29 is 4.74 Å². The molecule has 154 valence electrons. The van der Waals surface area contributed by atoms with E-state index >= 15 is 0 Å². The summed E-state index contributed by atoms with van der Waals surface area (Å²) in [5.74, 6) is 0.441. The van der Waals surface area contributed by atoms with E-state index in [1.165, 1.54) is 0 Å². The number of aliphatic imine (C=N–C) groups is 1. The maximum atomic E-state index is 9.69. The first-order valence-electron chi connectivity index (χ1n) is 9.20. The van der Waals surface area contributed by atoms with Crippen molar-refractivity contribution in [1.29, 1.82) is 5.26 Å². The number of hydrogen-bond donors (Lipinski definition) is 0. The van der Waals surface area contributed by atoms with Gasteiger partial charge in [-0.05, 0) is 44.5 Å². The Morgan fingerprint density at radius 2 is 1.97 bits per heavy atom. The summed E-state index contributed by atoms with van der Waals surface area (Å²) < 4.78 is 10.4. The Balaban J connectivity index is 1.92. The molecule has 0 bridgehead atoms.